The molecule has 0 unspecified atom stereocenters. The van der Waals surface area contributed by atoms with Crippen LogP contribution in [0, 0.1) is 0 Å². The summed E-state index contributed by atoms with van der Waals surface area (Å²) in [7, 11) is 3.91. The van der Waals surface area contributed by atoms with Gasteiger partial charge in [-0.1, -0.05) is 35.3 Å². The largest absolute Gasteiger partial charge is 0.378 e. The second kappa shape index (κ2) is 9.22. The molecule has 8 heteroatoms. The lowest BCUT2D eigenvalue weighted by molar-refractivity contribution is -0.120. The van der Waals surface area contributed by atoms with Crippen molar-refractivity contribution in [2.75, 3.05) is 25.5 Å². The summed E-state index contributed by atoms with van der Waals surface area (Å²) in [5, 5.41) is 6.98. The topological polar surface area (TPSA) is 73.8 Å². The average Bonchev–Trinajstić information content (AvgIpc) is 2.60. The van der Waals surface area contributed by atoms with E-state index in [2.05, 4.69) is 15.8 Å². The van der Waals surface area contributed by atoms with Gasteiger partial charge in [-0.2, -0.15) is 5.10 Å². The van der Waals surface area contributed by atoms with Crippen LogP contribution in [-0.4, -0.2) is 38.7 Å². The van der Waals surface area contributed by atoms with Crippen LogP contribution in [0.2, 0.25) is 10.0 Å². The lowest BCUT2D eigenvalue weighted by Gasteiger charge is -2.11. The number of hydrogen-bond donors (Lipinski definition) is 2. The Bertz CT molecular complexity index is 820. The first-order valence-corrected chi connectivity index (χ1v) is 8.45. The van der Waals surface area contributed by atoms with Crippen molar-refractivity contribution < 1.29 is 9.59 Å². The summed E-state index contributed by atoms with van der Waals surface area (Å²) in [4.78, 5) is 25.7. The number of halogens is 2. The normalized spacial score (nSPS) is 10.6. The van der Waals surface area contributed by atoms with E-state index in [1.54, 1.807) is 6.07 Å². The van der Waals surface area contributed by atoms with Gasteiger partial charge in [-0.25, -0.2) is 5.43 Å². The van der Waals surface area contributed by atoms with E-state index < -0.39 is 11.8 Å². The van der Waals surface area contributed by atoms with Crippen molar-refractivity contribution in [1.82, 2.24) is 10.7 Å². The first-order valence-electron chi connectivity index (χ1n) is 7.69. The van der Waals surface area contributed by atoms with Crippen molar-refractivity contribution in [3.8, 4) is 0 Å². The van der Waals surface area contributed by atoms with E-state index in [9.17, 15) is 9.59 Å². The van der Waals surface area contributed by atoms with E-state index in [-0.39, 0.29) is 17.1 Å². The highest BCUT2D eigenvalue weighted by Crippen LogP contribution is 2.20. The van der Waals surface area contributed by atoms with Crippen LogP contribution in [-0.2, 0) is 4.79 Å². The van der Waals surface area contributed by atoms with Gasteiger partial charge in [0, 0.05) is 24.8 Å². The molecule has 6 nitrogen and oxygen atoms in total. The molecular formula is C18H18Cl2N4O2. The van der Waals surface area contributed by atoms with Gasteiger partial charge < -0.3 is 10.2 Å². The van der Waals surface area contributed by atoms with Crippen LogP contribution in [0.1, 0.15) is 15.9 Å². The third-order valence-electron chi connectivity index (χ3n) is 3.40. The molecule has 0 atom stereocenters. The molecule has 2 amide bonds. The van der Waals surface area contributed by atoms with Gasteiger partial charge in [0.1, 0.15) is 0 Å². The lowest BCUT2D eigenvalue weighted by Crippen LogP contribution is -2.35. The van der Waals surface area contributed by atoms with Crippen LogP contribution >= 0.6 is 23.2 Å². The molecule has 0 saturated heterocycles. The molecule has 2 aromatic carbocycles. The number of benzene rings is 2. The maximum atomic E-state index is 12.0. The van der Waals surface area contributed by atoms with Crippen molar-refractivity contribution in [2.45, 2.75) is 0 Å². The van der Waals surface area contributed by atoms with Crippen LogP contribution in [0.15, 0.2) is 47.6 Å². The average molecular weight is 393 g/mol. The van der Waals surface area contributed by atoms with Crippen molar-refractivity contribution >= 4 is 46.9 Å². The second-order valence-corrected chi connectivity index (χ2v) is 6.43. The minimum Gasteiger partial charge on any atom is -0.378 e. The van der Waals surface area contributed by atoms with Crippen LogP contribution in [0.4, 0.5) is 5.69 Å². The van der Waals surface area contributed by atoms with Gasteiger partial charge in [-0.15, -0.1) is 0 Å². The zero-order valence-corrected chi connectivity index (χ0v) is 15.8. The molecule has 26 heavy (non-hydrogen) atoms. The maximum Gasteiger partial charge on any atom is 0.259 e. The predicted molar refractivity (Wildman–Crippen MR) is 105 cm³/mol. The van der Waals surface area contributed by atoms with Crippen LogP contribution in [0.5, 0.6) is 0 Å². The Morgan fingerprint density at radius 2 is 1.81 bits per heavy atom. The first-order chi connectivity index (χ1) is 12.4. The summed E-state index contributed by atoms with van der Waals surface area (Å²) in [5.74, 6) is -0.922. The molecule has 0 heterocycles. The highest BCUT2D eigenvalue weighted by atomic mass is 35.5. The summed E-state index contributed by atoms with van der Waals surface area (Å²) in [6, 6.07) is 12.2. The molecule has 136 valence electrons. The van der Waals surface area contributed by atoms with Gasteiger partial charge in [-0.05, 0) is 35.9 Å². The maximum absolute atomic E-state index is 12.0. The van der Waals surface area contributed by atoms with E-state index >= 15 is 0 Å². The third-order valence-corrected chi connectivity index (χ3v) is 3.95. The van der Waals surface area contributed by atoms with Crippen molar-refractivity contribution in [2.24, 2.45) is 5.10 Å². The van der Waals surface area contributed by atoms with Crippen LogP contribution in [0.3, 0.4) is 0 Å². The third kappa shape index (κ3) is 5.75. The number of nitrogens with zero attached hydrogens (tertiary/aromatic N) is 2. The molecule has 0 bridgehead atoms. The summed E-state index contributed by atoms with van der Waals surface area (Å²) in [6.45, 7) is -0.227. The monoisotopic (exact) mass is 392 g/mol. The Balaban J connectivity index is 1.82. The number of amides is 2. The van der Waals surface area contributed by atoms with Gasteiger partial charge in [0.25, 0.3) is 11.8 Å². The number of carbonyl (C=O) groups is 2. The van der Waals surface area contributed by atoms with Gasteiger partial charge in [0.05, 0.1) is 23.3 Å². The fourth-order valence-electron chi connectivity index (χ4n) is 2.01. The molecule has 0 aliphatic carbocycles. The van der Waals surface area contributed by atoms with E-state index in [1.165, 1.54) is 18.3 Å². The van der Waals surface area contributed by atoms with Crippen molar-refractivity contribution in [3.05, 3.63) is 63.6 Å². The fourth-order valence-corrected chi connectivity index (χ4v) is 2.50. The quantitative estimate of drug-likeness (QED) is 0.586. The predicted octanol–water partition coefficient (Wildman–Crippen LogP) is 2.94. The summed E-state index contributed by atoms with van der Waals surface area (Å²) >= 11 is 11.7. The summed E-state index contributed by atoms with van der Waals surface area (Å²) in [5.41, 5.74) is 4.50. The highest BCUT2D eigenvalue weighted by Gasteiger charge is 2.11. The van der Waals surface area contributed by atoms with Crippen molar-refractivity contribution in [1.29, 1.82) is 0 Å². The number of rotatable bonds is 6. The molecule has 0 saturated carbocycles. The molecule has 2 aromatic rings. The molecule has 0 aliphatic rings. The molecule has 2 N–H and O–H groups in total. The molecule has 0 fully saturated rings. The fraction of sp³-hybridized carbons (Fsp3) is 0.167. The van der Waals surface area contributed by atoms with Gasteiger partial charge in [-0.3, -0.25) is 9.59 Å². The number of hydrazone groups is 1. The Labute approximate surface area is 161 Å². The first kappa shape index (κ1) is 19.8. The second-order valence-electron chi connectivity index (χ2n) is 5.59. The van der Waals surface area contributed by atoms with E-state index in [0.717, 1.165) is 11.3 Å². The molecule has 2 rings (SSSR count). The Morgan fingerprint density at radius 1 is 1.12 bits per heavy atom. The molecular weight excluding hydrogens is 375 g/mol. The summed E-state index contributed by atoms with van der Waals surface area (Å²) < 4.78 is 0. The molecule has 0 spiro atoms. The number of carbonyl (C=O) groups excluding carboxylic acids is 2. The minimum atomic E-state index is -0.468. The van der Waals surface area contributed by atoms with E-state index in [1.807, 2.05) is 43.3 Å². The highest BCUT2D eigenvalue weighted by molar-refractivity contribution is 6.36. The zero-order chi connectivity index (χ0) is 19.1. The standard InChI is InChI=1S/C18H18Cl2N4O2/c1-24(2)14-6-3-12(4-7-14)10-22-23-17(25)11-21-18(26)15-8-5-13(19)9-16(15)20/h3-10H,11H2,1-2H3,(H,21,26)(H,23,25). The van der Waals surface area contributed by atoms with Crippen molar-refractivity contribution in [3.63, 3.8) is 0 Å². The summed E-state index contributed by atoms with van der Waals surface area (Å²) in [6.07, 6.45) is 1.52. The lowest BCUT2D eigenvalue weighted by atomic mass is 10.2. The number of anilines is 1. The van der Waals surface area contributed by atoms with E-state index in [0.29, 0.717) is 5.02 Å². The Kier molecular flexibility index (Phi) is 7.00. The van der Waals surface area contributed by atoms with Gasteiger partial charge >= 0.3 is 0 Å². The Hall–Kier alpha value is -2.57. The van der Waals surface area contributed by atoms with Crippen LogP contribution < -0.4 is 15.6 Å². The molecule has 0 aromatic heterocycles. The molecule has 0 aliphatic heterocycles. The van der Waals surface area contributed by atoms with Crippen LogP contribution in [0.25, 0.3) is 0 Å². The SMILES string of the molecule is CN(C)c1ccc(C=NNC(=O)CNC(=O)c2ccc(Cl)cc2Cl)cc1. The number of nitrogens with one attached hydrogen (secondary N) is 2. The molecule has 0 radical (unpaired) electrons. The number of hydrogen-bond acceptors (Lipinski definition) is 4. The van der Waals surface area contributed by atoms with Gasteiger partial charge in [0.2, 0.25) is 0 Å². The Morgan fingerprint density at radius 3 is 2.42 bits per heavy atom. The smallest absolute Gasteiger partial charge is 0.259 e. The van der Waals surface area contributed by atoms with Gasteiger partial charge in [0.15, 0.2) is 0 Å². The zero-order valence-electron chi connectivity index (χ0n) is 14.3. The minimum absolute atomic E-state index is 0.217. The van der Waals surface area contributed by atoms with E-state index in [4.69, 9.17) is 23.2 Å².